The smallest absolute Gasteiger partial charge is 0.342 e. The number of allylic oxidation sites excluding steroid dienone is 3. The predicted molar refractivity (Wildman–Crippen MR) is 120 cm³/mol. The van der Waals surface area contributed by atoms with Gasteiger partial charge in [0.2, 0.25) is 5.91 Å². The van der Waals surface area contributed by atoms with Crippen LogP contribution < -0.4 is 5.32 Å². The zero-order chi connectivity index (χ0) is 22.9. The van der Waals surface area contributed by atoms with Crippen LogP contribution in [0.15, 0.2) is 54.8 Å². The van der Waals surface area contributed by atoms with Crippen molar-refractivity contribution in [2.45, 2.75) is 69.9 Å². The van der Waals surface area contributed by atoms with Gasteiger partial charge in [-0.05, 0) is 37.3 Å². The molecule has 32 heavy (non-hydrogen) atoms. The summed E-state index contributed by atoms with van der Waals surface area (Å²) in [6.07, 6.45) is 11.7. The quantitative estimate of drug-likeness (QED) is 0.355. The van der Waals surface area contributed by atoms with Gasteiger partial charge < -0.3 is 25.0 Å². The monoisotopic (exact) mass is 441 g/mol. The molecule has 0 aromatic heterocycles. The highest BCUT2D eigenvalue weighted by Crippen LogP contribution is 2.32. The Kier molecular flexibility index (Phi) is 8.64. The fraction of sp³-hybridized carbons (Fsp3) is 0.440. The van der Waals surface area contributed by atoms with E-state index < -0.39 is 18.2 Å². The molecule has 2 aliphatic rings. The molecule has 2 heterocycles. The van der Waals surface area contributed by atoms with Gasteiger partial charge in [0.25, 0.3) is 0 Å². The Bertz CT molecular complexity index is 890. The highest BCUT2D eigenvalue weighted by molar-refractivity contribution is 5.94. The van der Waals surface area contributed by atoms with Gasteiger partial charge in [0.15, 0.2) is 0 Å². The standard InChI is InChI=1S/C25H31NO6/c1-2-3-4-5-11-23(29)26-12-7-9-19-16-21-15-18(27)14-20(31-21)13-17-8-6-10-22(28)24(17)25(30)32-19/h3-8,10-12,18-21,27-28H,2,9,13-16H2,1H3,(H,26,29)/t18-,19?,20?,21-/m1/s1. The minimum atomic E-state index is -0.577. The summed E-state index contributed by atoms with van der Waals surface area (Å²) < 4.78 is 11.9. The Morgan fingerprint density at radius 3 is 2.81 bits per heavy atom. The summed E-state index contributed by atoms with van der Waals surface area (Å²) in [5, 5.41) is 23.2. The molecule has 2 unspecified atom stereocenters. The van der Waals surface area contributed by atoms with Crippen molar-refractivity contribution in [3.63, 3.8) is 0 Å². The molecule has 1 fully saturated rings. The molecular weight excluding hydrogens is 410 g/mol. The van der Waals surface area contributed by atoms with Crippen LogP contribution in [0.5, 0.6) is 5.75 Å². The minimum Gasteiger partial charge on any atom is -0.507 e. The molecule has 0 spiro atoms. The van der Waals surface area contributed by atoms with Crippen LogP contribution in [0.3, 0.4) is 0 Å². The molecule has 0 radical (unpaired) electrons. The molecule has 0 saturated carbocycles. The van der Waals surface area contributed by atoms with Crippen LogP contribution >= 0.6 is 0 Å². The van der Waals surface area contributed by atoms with Crippen LogP contribution in [-0.4, -0.2) is 46.5 Å². The van der Waals surface area contributed by atoms with Gasteiger partial charge in [-0.25, -0.2) is 4.79 Å². The molecule has 1 amide bonds. The average Bonchev–Trinajstić information content (AvgIpc) is 2.73. The Labute approximate surface area is 188 Å². The molecule has 4 atom stereocenters. The van der Waals surface area contributed by atoms with Crippen LogP contribution in [-0.2, 0) is 20.7 Å². The van der Waals surface area contributed by atoms with Crippen LogP contribution in [0, 0.1) is 0 Å². The van der Waals surface area contributed by atoms with Crippen LogP contribution in [0.1, 0.15) is 54.9 Å². The van der Waals surface area contributed by atoms with Gasteiger partial charge in [0.05, 0.1) is 18.3 Å². The number of phenolic OH excluding ortho intramolecular Hbond substituents is 1. The molecule has 7 heteroatoms. The third-order valence-electron chi connectivity index (χ3n) is 5.51. The van der Waals surface area contributed by atoms with Gasteiger partial charge in [0.1, 0.15) is 17.4 Å². The number of phenols is 1. The number of hydrogen-bond donors (Lipinski definition) is 3. The number of aliphatic hydroxyl groups excluding tert-OH is 1. The first-order valence-electron chi connectivity index (χ1n) is 11.1. The summed E-state index contributed by atoms with van der Waals surface area (Å²) in [4.78, 5) is 24.7. The molecule has 1 aromatic carbocycles. The molecule has 1 saturated heterocycles. The van der Waals surface area contributed by atoms with Crippen molar-refractivity contribution in [2.24, 2.45) is 0 Å². The van der Waals surface area contributed by atoms with Crippen LogP contribution in [0.4, 0.5) is 0 Å². The molecular formula is C25H31NO6. The van der Waals surface area contributed by atoms with Crippen molar-refractivity contribution < 1.29 is 29.3 Å². The van der Waals surface area contributed by atoms with E-state index in [1.54, 1.807) is 24.3 Å². The zero-order valence-corrected chi connectivity index (χ0v) is 18.3. The molecule has 2 aliphatic heterocycles. The maximum atomic E-state index is 12.9. The lowest BCUT2D eigenvalue weighted by Gasteiger charge is -2.36. The van der Waals surface area contributed by atoms with E-state index in [2.05, 4.69) is 5.32 Å². The molecule has 3 rings (SSSR count). The Morgan fingerprint density at radius 2 is 2.00 bits per heavy atom. The number of esters is 1. The summed E-state index contributed by atoms with van der Waals surface area (Å²) in [5.74, 6) is -0.969. The van der Waals surface area contributed by atoms with Gasteiger partial charge in [-0.1, -0.05) is 43.4 Å². The lowest BCUT2D eigenvalue weighted by molar-refractivity contribution is -0.115. The third kappa shape index (κ3) is 6.80. The Balaban J connectivity index is 1.70. The predicted octanol–water partition coefficient (Wildman–Crippen LogP) is 3.31. The highest BCUT2D eigenvalue weighted by atomic mass is 16.5. The van der Waals surface area contributed by atoms with E-state index in [0.717, 1.165) is 6.42 Å². The van der Waals surface area contributed by atoms with E-state index in [1.165, 1.54) is 18.3 Å². The SMILES string of the molecule is CCC=CC=CC(=O)NC=CCC1C[C@H]2C[C@H](O)CC(Cc3cccc(O)c3C(=O)O1)O2. The summed E-state index contributed by atoms with van der Waals surface area (Å²) in [5.41, 5.74) is 0.780. The lowest BCUT2D eigenvalue weighted by atomic mass is 9.91. The number of aliphatic hydroxyl groups is 1. The van der Waals surface area contributed by atoms with Gasteiger partial charge in [-0.3, -0.25) is 4.79 Å². The highest BCUT2D eigenvalue weighted by Gasteiger charge is 2.34. The van der Waals surface area contributed by atoms with Gasteiger partial charge in [-0.15, -0.1) is 0 Å². The number of benzene rings is 1. The molecule has 7 nitrogen and oxygen atoms in total. The van der Waals surface area contributed by atoms with Gasteiger partial charge in [0, 0.05) is 25.1 Å². The summed E-state index contributed by atoms with van der Waals surface area (Å²) in [6.45, 7) is 2.01. The average molecular weight is 442 g/mol. The summed E-state index contributed by atoms with van der Waals surface area (Å²) in [7, 11) is 0. The topological polar surface area (TPSA) is 105 Å². The number of aromatic hydroxyl groups is 1. The summed E-state index contributed by atoms with van der Waals surface area (Å²) in [6, 6.07) is 4.91. The number of carbonyl (C=O) groups is 2. The number of amides is 1. The first kappa shape index (κ1) is 23.8. The second-order valence-corrected chi connectivity index (χ2v) is 8.13. The first-order valence-corrected chi connectivity index (χ1v) is 11.1. The number of hydrogen-bond acceptors (Lipinski definition) is 6. The fourth-order valence-corrected chi connectivity index (χ4v) is 4.07. The van der Waals surface area contributed by atoms with Crippen LogP contribution in [0.2, 0.25) is 0 Å². The number of carbonyl (C=O) groups excluding carboxylic acids is 2. The number of cyclic esters (lactones) is 1. The van der Waals surface area contributed by atoms with E-state index >= 15 is 0 Å². The van der Waals surface area contributed by atoms with Crippen molar-refractivity contribution in [1.82, 2.24) is 5.32 Å². The van der Waals surface area contributed by atoms with Crippen LogP contribution in [0.25, 0.3) is 0 Å². The van der Waals surface area contributed by atoms with E-state index in [1.807, 2.05) is 19.1 Å². The van der Waals surface area contributed by atoms with E-state index in [9.17, 15) is 19.8 Å². The molecule has 2 bridgehead atoms. The first-order chi connectivity index (χ1) is 15.5. The second kappa shape index (κ2) is 11.6. The van der Waals surface area contributed by atoms with E-state index in [-0.39, 0.29) is 29.4 Å². The lowest BCUT2D eigenvalue weighted by Crippen LogP contribution is -2.40. The Morgan fingerprint density at radius 1 is 1.19 bits per heavy atom. The van der Waals surface area contributed by atoms with Crippen molar-refractivity contribution in [3.8, 4) is 5.75 Å². The second-order valence-electron chi connectivity index (χ2n) is 8.13. The molecule has 172 valence electrons. The molecule has 0 aliphatic carbocycles. The maximum absolute atomic E-state index is 12.9. The molecule has 1 aromatic rings. The number of fused-ring (bicyclic) bond motifs is 3. The minimum absolute atomic E-state index is 0.133. The number of nitrogens with one attached hydrogen (secondary N) is 1. The van der Waals surface area contributed by atoms with Crippen molar-refractivity contribution in [3.05, 3.63) is 65.9 Å². The zero-order valence-electron chi connectivity index (χ0n) is 18.3. The van der Waals surface area contributed by atoms with Gasteiger partial charge in [-0.2, -0.15) is 0 Å². The normalized spacial score (nSPS) is 26.2. The maximum Gasteiger partial charge on any atom is 0.342 e. The third-order valence-corrected chi connectivity index (χ3v) is 5.51. The van der Waals surface area contributed by atoms with Crippen molar-refractivity contribution in [2.75, 3.05) is 0 Å². The van der Waals surface area contributed by atoms with E-state index in [0.29, 0.717) is 37.7 Å². The largest absolute Gasteiger partial charge is 0.507 e. The number of rotatable bonds is 6. The Hall–Kier alpha value is -2.90. The molecule has 3 N–H and O–H groups in total. The summed E-state index contributed by atoms with van der Waals surface area (Å²) >= 11 is 0. The van der Waals surface area contributed by atoms with Gasteiger partial charge >= 0.3 is 5.97 Å². The fourth-order valence-electron chi connectivity index (χ4n) is 4.07. The van der Waals surface area contributed by atoms with Crippen molar-refractivity contribution >= 4 is 11.9 Å². The van der Waals surface area contributed by atoms with E-state index in [4.69, 9.17) is 9.47 Å². The number of ether oxygens (including phenoxy) is 2. The van der Waals surface area contributed by atoms with Crippen molar-refractivity contribution in [1.29, 1.82) is 0 Å².